The van der Waals surface area contributed by atoms with Crippen molar-refractivity contribution >= 4 is 23.1 Å². The Hall–Kier alpha value is -1.95. The first-order valence-electron chi connectivity index (χ1n) is 7.00. The van der Waals surface area contributed by atoms with Gasteiger partial charge in [-0.15, -0.1) is 0 Å². The Morgan fingerprint density at radius 2 is 2.24 bits per heavy atom. The molecule has 1 heterocycles. The number of hydrogen-bond donors (Lipinski definition) is 2. The molecule has 0 aliphatic carbocycles. The number of benzene rings is 1. The molecule has 0 saturated heterocycles. The fourth-order valence-corrected chi connectivity index (χ4v) is 2.08. The van der Waals surface area contributed by atoms with Gasteiger partial charge in [0.1, 0.15) is 5.82 Å². The number of unbranched alkanes of at least 4 members (excludes halogenated alkanes) is 1. The topological polar surface area (TPSA) is 41.9 Å². The predicted octanol–water partition coefficient (Wildman–Crippen LogP) is 3.16. The van der Waals surface area contributed by atoms with E-state index in [1.807, 2.05) is 18.3 Å². The number of rotatable bonds is 6. The zero-order valence-electron chi connectivity index (χ0n) is 12.0. The van der Waals surface area contributed by atoms with Crippen molar-refractivity contribution in [2.45, 2.75) is 26.3 Å². The van der Waals surface area contributed by atoms with Gasteiger partial charge < -0.3 is 10.6 Å². The normalized spacial score (nSPS) is 10.4. The van der Waals surface area contributed by atoms with Crippen molar-refractivity contribution in [3.05, 3.63) is 47.9 Å². The van der Waals surface area contributed by atoms with E-state index in [0.717, 1.165) is 24.9 Å². The summed E-state index contributed by atoms with van der Waals surface area (Å²) in [6.45, 7) is 3.51. The van der Waals surface area contributed by atoms with Gasteiger partial charge in [0.25, 0.3) is 0 Å². The molecule has 1 aromatic heterocycles. The van der Waals surface area contributed by atoms with Crippen LogP contribution in [0, 0.1) is 5.82 Å². The highest BCUT2D eigenvalue weighted by Crippen LogP contribution is 2.08. The molecule has 2 N–H and O–H groups in total. The lowest BCUT2D eigenvalue weighted by Crippen LogP contribution is -2.29. The van der Waals surface area contributed by atoms with Crippen molar-refractivity contribution in [2.24, 2.45) is 0 Å². The Morgan fingerprint density at radius 1 is 1.38 bits per heavy atom. The highest BCUT2D eigenvalue weighted by molar-refractivity contribution is 7.80. The van der Waals surface area contributed by atoms with Gasteiger partial charge in [0, 0.05) is 18.8 Å². The van der Waals surface area contributed by atoms with Crippen LogP contribution >= 0.6 is 12.2 Å². The monoisotopic (exact) mass is 306 g/mol. The van der Waals surface area contributed by atoms with E-state index in [9.17, 15) is 4.39 Å². The minimum Gasteiger partial charge on any atom is -0.362 e. The summed E-state index contributed by atoms with van der Waals surface area (Å²) < 4.78 is 14.9. The van der Waals surface area contributed by atoms with Gasteiger partial charge in [-0.25, -0.2) is 4.39 Å². The molecule has 0 bridgehead atoms. The molecule has 112 valence electrons. The fraction of sp³-hybridized carbons (Fsp3) is 0.333. The molecule has 21 heavy (non-hydrogen) atoms. The summed E-state index contributed by atoms with van der Waals surface area (Å²) in [6, 6.07) is 8.34. The van der Waals surface area contributed by atoms with Crippen LogP contribution in [0.1, 0.15) is 25.3 Å². The minimum atomic E-state index is -0.237. The molecule has 0 atom stereocenters. The number of halogens is 1. The Kier molecular flexibility index (Phi) is 5.68. The smallest absolute Gasteiger partial charge is 0.171 e. The average molecular weight is 306 g/mol. The minimum absolute atomic E-state index is 0.237. The molecule has 6 heteroatoms. The summed E-state index contributed by atoms with van der Waals surface area (Å²) in [5, 5.41) is 11.1. The van der Waals surface area contributed by atoms with Crippen LogP contribution in [-0.4, -0.2) is 21.4 Å². The van der Waals surface area contributed by atoms with Gasteiger partial charge in [0.05, 0.1) is 6.54 Å². The third kappa shape index (κ3) is 5.15. The molecule has 0 unspecified atom stereocenters. The lowest BCUT2D eigenvalue weighted by atomic mass is 10.2. The lowest BCUT2D eigenvalue weighted by Gasteiger charge is -2.07. The van der Waals surface area contributed by atoms with E-state index in [1.165, 1.54) is 12.1 Å². The summed E-state index contributed by atoms with van der Waals surface area (Å²) in [5.41, 5.74) is 0.869. The molecular weight excluding hydrogens is 287 g/mol. The van der Waals surface area contributed by atoms with Crippen LogP contribution in [0.4, 0.5) is 10.2 Å². The van der Waals surface area contributed by atoms with Crippen LogP contribution in [0.3, 0.4) is 0 Å². The van der Waals surface area contributed by atoms with Gasteiger partial charge in [-0.05, 0) is 36.3 Å². The highest BCUT2D eigenvalue weighted by Gasteiger charge is 2.02. The average Bonchev–Trinajstić information content (AvgIpc) is 2.86. The molecule has 0 aliphatic heterocycles. The molecule has 2 aromatic rings. The van der Waals surface area contributed by atoms with Crippen molar-refractivity contribution in [2.75, 3.05) is 11.9 Å². The molecule has 2 rings (SSSR count). The van der Waals surface area contributed by atoms with E-state index in [2.05, 4.69) is 22.7 Å². The Labute approximate surface area is 129 Å². The standard InChI is InChI=1S/C15H19FN4S/c1-2-3-8-17-15(21)18-14-7-9-20(19-14)11-12-5-4-6-13(16)10-12/h4-7,9-10H,2-3,8,11H2,1H3,(H2,17,18,19,21). The zero-order valence-corrected chi connectivity index (χ0v) is 12.8. The van der Waals surface area contributed by atoms with Crippen LogP contribution < -0.4 is 10.6 Å². The Bertz CT molecular complexity index is 597. The maximum atomic E-state index is 13.1. The summed E-state index contributed by atoms with van der Waals surface area (Å²) in [7, 11) is 0. The molecular formula is C15H19FN4S. The van der Waals surface area contributed by atoms with E-state index in [1.54, 1.807) is 10.7 Å². The van der Waals surface area contributed by atoms with Crippen LogP contribution in [0.2, 0.25) is 0 Å². The quantitative estimate of drug-likeness (QED) is 0.635. The summed E-state index contributed by atoms with van der Waals surface area (Å²) >= 11 is 5.18. The summed E-state index contributed by atoms with van der Waals surface area (Å²) in [4.78, 5) is 0. The first-order chi connectivity index (χ1) is 10.2. The van der Waals surface area contributed by atoms with Gasteiger partial charge in [-0.1, -0.05) is 25.5 Å². The van der Waals surface area contributed by atoms with Gasteiger partial charge in [0.15, 0.2) is 10.9 Å². The van der Waals surface area contributed by atoms with Crippen LogP contribution in [0.25, 0.3) is 0 Å². The van der Waals surface area contributed by atoms with Crippen molar-refractivity contribution in [1.82, 2.24) is 15.1 Å². The number of nitrogens with zero attached hydrogens (tertiary/aromatic N) is 2. The molecule has 0 spiro atoms. The van der Waals surface area contributed by atoms with Crippen LogP contribution in [-0.2, 0) is 6.54 Å². The first-order valence-corrected chi connectivity index (χ1v) is 7.41. The summed E-state index contributed by atoms with van der Waals surface area (Å²) in [6.07, 6.45) is 4.04. The van der Waals surface area contributed by atoms with E-state index in [0.29, 0.717) is 17.5 Å². The zero-order chi connectivity index (χ0) is 15.1. The highest BCUT2D eigenvalue weighted by atomic mass is 32.1. The summed E-state index contributed by atoms with van der Waals surface area (Å²) in [5.74, 6) is 0.444. The molecule has 0 amide bonds. The number of thiocarbonyl (C=S) groups is 1. The van der Waals surface area contributed by atoms with Gasteiger partial charge in [-0.3, -0.25) is 4.68 Å². The molecule has 0 radical (unpaired) electrons. The van der Waals surface area contributed by atoms with Crippen molar-refractivity contribution in [1.29, 1.82) is 0 Å². The van der Waals surface area contributed by atoms with Crippen molar-refractivity contribution in [3.8, 4) is 0 Å². The van der Waals surface area contributed by atoms with Crippen molar-refractivity contribution in [3.63, 3.8) is 0 Å². The van der Waals surface area contributed by atoms with Gasteiger partial charge >= 0.3 is 0 Å². The van der Waals surface area contributed by atoms with Crippen molar-refractivity contribution < 1.29 is 4.39 Å². The Morgan fingerprint density at radius 3 is 3.00 bits per heavy atom. The third-order valence-corrected chi connectivity index (χ3v) is 3.18. The van der Waals surface area contributed by atoms with Gasteiger partial charge in [-0.2, -0.15) is 5.10 Å². The predicted molar refractivity (Wildman–Crippen MR) is 86.9 cm³/mol. The maximum absolute atomic E-state index is 13.1. The first kappa shape index (κ1) is 15.4. The molecule has 1 aromatic carbocycles. The van der Waals surface area contributed by atoms with E-state index in [-0.39, 0.29) is 5.82 Å². The number of anilines is 1. The SMILES string of the molecule is CCCCNC(=S)Nc1ccn(Cc2cccc(F)c2)n1. The Balaban J connectivity index is 1.88. The van der Waals surface area contributed by atoms with Crippen LogP contribution in [0.15, 0.2) is 36.5 Å². The number of aromatic nitrogens is 2. The fourth-order valence-electron chi connectivity index (χ4n) is 1.88. The number of hydrogen-bond acceptors (Lipinski definition) is 2. The largest absolute Gasteiger partial charge is 0.362 e. The lowest BCUT2D eigenvalue weighted by molar-refractivity contribution is 0.619. The van der Waals surface area contributed by atoms with Gasteiger partial charge in [0.2, 0.25) is 0 Å². The second-order valence-corrected chi connectivity index (χ2v) is 5.17. The molecule has 0 fully saturated rings. The van der Waals surface area contributed by atoms with E-state index >= 15 is 0 Å². The number of nitrogens with one attached hydrogen (secondary N) is 2. The second-order valence-electron chi connectivity index (χ2n) is 4.76. The maximum Gasteiger partial charge on any atom is 0.171 e. The molecule has 0 saturated carbocycles. The van der Waals surface area contributed by atoms with E-state index in [4.69, 9.17) is 12.2 Å². The molecule has 0 aliphatic rings. The van der Waals surface area contributed by atoms with Crippen LogP contribution in [0.5, 0.6) is 0 Å². The third-order valence-electron chi connectivity index (χ3n) is 2.93. The molecule has 4 nitrogen and oxygen atoms in total. The second kappa shape index (κ2) is 7.73. The van der Waals surface area contributed by atoms with E-state index < -0.39 is 0 Å².